The molecular weight excluding hydrogens is 311 g/mol. The van der Waals surface area contributed by atoms with E-state index in [4.69, 9.17) is 11.6 Å². The van der Waals surface area contributed by atoms with Crippen LogP contribution in [-0.2, 0) is 16.6 Å². The van der Waals surface area contributed by atoms with Crippen molar-refractivity contribution in [1.82, 2.24) is 9.71 Å². The Hall–Kier alpha value is -1.02. The van der Waals surface area contributed by atoms with Gasteiger partial charge in [0.2, 0.25) is 10.0 Å². The number of sulfonamides is 1. The van der Waals surface area contributed by atoms with Gasteiger partial charge >= 0.3 is 0 Å². The predicted molar refractivity (Wildman–Crippen MR) is 72.3 cm³/mol. The SMILES string of the molecule is Cc1ncc(CNS(=O)(=O)c2ccc(Cl)cc2F)s1. The number of nitrogens with zero attached hydrogens (tertiary/aromatic N) is 1. The summed E-state index contributed by atoms with van der Waals surface area (Å²) in [7, 11) is -3.90. The number of rotatable bonds is 4. The molecule has 0 amide bonds. The third kappa shape index (κ3) is 3.50. The third-order valence-corrected chi connectivity index (χ3v) is 4.87. The van der Waals surface area contributed by atoms with Gasteiger partial charge < -0.3 is 0 Å². The molecule has 1 N–H and O–H groups in total. The van der Waals surface area contributed by atoms with Crippen molar-refractivity contribution in [3.05, 3.63) is 45.1 Å². The fourth-order valence-corrected chi connectivity index (χ4v) is 3.47. The second kappa shape index (κ2) is 5.54. The van der Waals surface area contributed by atoms with Crippen molar-refractivity contribution in [3.63, 3.8) is 0 Å². The van der Waals surface area contributed by atoms with E-state index in [-0.39, 0.29) is 11.6 Å². The Morgan fingerprint density at radius 2 is 2.21 bits per heavy atom. The second-order valence-corrected chi connectivity index (χ2v) is 7.24. The highest BCUT2D eigenvalue weighted by molar-refractivity contribution is 7.89. The van der Waals surface area contributed by atoms with Crippen LogP contribution in [0.2, 0.25) is 5.02 Å². The molecule has 0 aliphatic rings. The maximum Gasteiger partial charge on any atom is 0.243 e. The van der Waals surface area contributed by atoms with Gasteiger partial charge in [0.05, 0.1) is 5.01 Å². The number of benzene rings is 1. The smallest absolute Gasteiger partial charge is 0.243 e. The molecular formula is C11H10ClFN2O2S2. The Kier molecular flexibility index (Phi) is 4.19. The van der Waals surface area contributed by atoms with Crippen molar-refractivity contribution in [2.24, 2.45) is 0 Å². The van der Waals surface area contributed by atoms with Crippen LogP contribution >= 0.6 is 22.9 Å². The van der Waals surface area contributed by atoms with Gasteiger partial charge in [0, 0.05) is 22.6 Å². The van der Waals surface area contributed by atoms with Gasteiger partial charge in [-0.15, -0.1) is 11.3 Å². The van der Waals surface area contributed by atoms with Crippen LogP contribution < -0.4 is 4.72 Å². The predicted octanol–water partition coefficient (Wildman–Crippen LogP) is 2.72. The molecule has 0 radical (unpaired) electrons. The molecule has 102 valence electrons. The summed E-state index contributed by atoms with van der Waals surface area (Å²) in [6.07, 6.45) is 1.58. The average Bonchev–Trinajstić information content (AvgIpc) is 2.72. The lowest BCUT2D eigenvalue weighted by molar-refractivity contribution is 0.557. The van der Waals surface area contributed by atoms with E-state index in [1.807, 2.05) is 6.92 Å². The fourth-order valence-electron chi connectivity index (χ4n) is 1.42. The van der Waals surface area contributed by atoms with Gasteiger partial charge in [-0.1, -0.05) is 11.6 Å². The molecule has 4 nitrogen and oxygen atoms in total. The van der Waals surface area contributed by atoms with Crippen LogP contribution in [0.25, 0.3) is 0 Å². The maximum absolute atomic E-state index is 13.6. The van der Waals surface area contributed by atoms with Gasteiger partial charge in [0.15, 0.2) is 0 Å². The largest absolute Gasteiger partial charge is 0.250 e. The van der Waals surface area contributed by atoms with Crippen molar-refractivity contribution in [2.75, 3.05) is 0 Å². The van der Waals surface area contributed by atoms with Gasteiger partial charge in [0.1, 0.15) is 10.7 Å². The Balaban J connectivity index is 2.18. The van der Waals surface area contributed by atoms with E-state index in [2.05, 4.69) is 9.71 Å². The van der Waals surface area contributed by atoms with E-state index in [1.165, 1.54) is 17.4 Å². The zero-order chi connectivity index (χ0) is 14.0. The first kappa shape index (κ1) is 14.4. The van der Waals surface area contributed by atoms with Gasteiger partial charge in [-0.25, -0.2) is 22.5 Å². The Morgan fingerprint density at radius 1 is 1.47 bits per heavy atom. The first-order chi connectivity index (χ1) is 8.88. The molecule has 2 aromatic rings. The van der Waals surface area contributed by atoms with Gasteiger partial charge in [-0.05, 0) is 25.1 Å². The van der Waals surface area contributed by atoms with Crippen molar-refractivity contribution >= 4 is 33.0 Å². The highest BCUT2D eigenvalue weighted by Crippen LogP contribution is 2.19. The Bertz CT molecular complexity index is 700. The lowest BCUT2D eigenvalue weighted by Crippen LogP contribution is -2.23. The maximum atomic E-state index is 13.6. The zero-order valence-corrected chi connectivity index (χ0v) is 12.2. The number of aryl methyl sites for hydroxylation is 1. The molecule has 1 aromatic heterocycles. The van der Waals surface area contributed by atoms with Crippen molar-refractivity contribution in [1.29, 1.82) is 0 Å². The Labute approximate surface area is 119 Å². The molecule has 0 saturated heterocycles. The number of hydrogen-bond acceptors (Lipinski definition) is 4. The first-order valence-corrected chi connectivity index (χ1v) is 7.92. The average molecular weight is 321 g/mol. The van der Waals surface area contributed by atoms with Crippen LogP contribution in [0.4, 0.5) is 4.39 Å². The molecule has 0 aliphatic carbocycles. The minimum Gasteiger partial charge on any atom is -0.250 e. The number of hydrogen-bond donors (Lipinski definition) is 1. The number of thiazole rings is 1. The molecule has 19 heavy (non-hydrogen) atoms. The highest BCUT2D eigenvalue weighted by atomic mass is 35.5. The molecule has 0 fully saturated rings. The van der Waals surface area contributed by atoms with Gasteiger partial charge in [-0.3, -0.25) is 0 Å². The van der Waals surface area contributed by atoms with E-state index in [0.29, 0.717) is 0 Å². The molecule has 0 aliphatic heterocycles. The summed E-state index contributed by atoms with van der Waals surface area (Å²) >= 11 is 6.96. The van der Waals surface area contributed by atoms with E-state index >= 15 is 0 Å². The number of aromatic nitrogens is 1. The van der Waals surface area contributed by atoms with Gasteiger partial charge in [0.25, 0.3) is 0 Å². The second-order valence-electron chi connectivity index (χ2n) is 3.74. The number of nitrogens with one attached hydrogen (secondary N) is 1. The summed E-state index contributed by atoms with van der Waals surface area (Å²) in [5.41, 5.74) is 0. The monoisotopic (exact) mass is 320 g/mol. The van der Waals surface area contributed by atoms with Crippen LogP contribution in [0.1, 0.15) is 9.88 Å². The molecule has 0 atom stereocenters. The summed E-state index contributed by atoms with van der Waals surface area (Å²) in [6, 6.07) is 3.43. The molecule has 2 rings (SSSR count). The van der Waals surface area contributed by atoms with E-state index in [9.17, 15) is 12.8 Å². The summed E-state index contributed by atoms with van der Waals surface area (Å²) in [4.78, 5) is 4.35. The van der Waals surface area contributed by atoms with Crippen molar-refractivity contribution in [2.45, 2.75) is 18.4 Å². The normalized spacial score (nSPS) is 11.7. The van der Waals surface area contributed by atoms with Crippen molar-refractivity contribution in [3.8, 4) is 0 Å². The highest BCUT2D eigenvalue weighted by Gasteiger charge is 2.19. The molecule has 0 unspecified atom stereocenters. The molecule has 0 spiro atoms. The van der Waals surface area contributed by atoms with Crippen molar-refractivity contribution < 1.29 is 12.8 Å². The summed E-state index contributed by atoms with van der Waals surface area (Å²) in [5.74, 6) is -0.875. The molecule has 0 bridgehead atoms. The minimum absolute atomic E-state index is 0.0793. The van der Waals surface area contributed by atoms with Gasteiger partial charge in [-0.2, -0.15) is 0 Å². The first-order valence-electron chi connectivity index (χ1n) is 5.24. The molecule has 0 saturated carbocycles. The Morgan fingerprint density at radius 3 is 2.79 bits per heavy atom. The molecule has 1 heterocycles. The standard InChI is InChI=1S/C11H10ClFN2O2S2/c1-7-14-5-9(18-7)6-15-19(16,17)11-3-2-8(12)4-10(11)13/h2-5,15H,6H2,1H3. The van der Waals surface area contributed by atoms with Crippen LogP contribution in [0.3, 0.4) is 0 Å². The van der Waals surface area contributed by atoms with Crippen LogP contribution in [0.15, 0.2) is 29.3 Å². The topological polar surface area (TPSA) is 59.1 Å². The summed E-state index contributed by atoms with van der Waals surface area (Å²) < 4.78 is 39.8. The van der Waals surface area contributed by atoms with E-state index in [1.54, 1.807) is 6.20 Å². The molecule has 1 aromatic carbocycles. The summed E-state index contributed by atoms with van der Waals surface area (Å²) in [6.45, 7) is 1.90. The minimum atomic E-state index is -3.90. The number of halogens is 2. The van der Waals surface area contributed by atoms with E-state index in [0.717, 1.165) is 22.0 Å². The quantitative estimate of drug-likeness (QED) is 0.942. The lowest BCUT2D eigenvalue weighted by Gasteiger charge is -2.06. The van der Waals surface area contributed by atoms with Crippen LogP contribution in [0.5, 0.6) is 0 Å². The third-order valence-electron chi connectivity index (χ3n) is 2.29. The fraction of sp³-hybridized carbons (Fsp3) is 0.182. The zero-order valence-electron chi connectivity index (χ0n) is 9.85. The van der Waals surface area contributed by atoms with E-state index < -0.39 is 20.7 Å². The van der Waals surface area contributed by atoms with Crippen LogP contribution in [-0.4, -0.2) is 13.4 Å². The lowest BCUT2D eigenvalue weighted by atomic mass is 10.3. The molecule has 8 heteroatoms. The summed E-state index contributed by atoms with van der Waals surface area (Å²) in [5, 5.41) is 0.987. The van der Waals surface area contributed by atoms with Crippen LogP contribution in [0, 0.1) is 12.7 Å².